The fourth-order valence-electron chi connectivity index (χ4n) is 4.66. The lowest BCUT2D eigenvalue weighted by atomic mass is 9.77. The van der Waals surface area contributed by atoms with Gasteiger partial charge in [-0.15, -0.1) is 0 Å². The lowest BCUT2D eigenvalue weighted by Crippen LogP contribution is -2.43. The van der Waals surface area contributed by atoms with Crippen LogP contribution in [0.1, 0.15) is 67.3 Å². The van der Waals surface area contributed by atoms with Crippen molar-refractivity contribution >= 4 is 5.91 Å². The number of benzene rings is 2. The molecule has 1 amide bonds. The number of nitrogens with one attached hydrogen (secondary N) is 1. The zero-order valence-corrected chi connectivity index (χ0v) is 15.1. The highest BCUT2D eigenvalue weighted by molar-refractivity contribution is 5.89. The largest absolute Gasteiger partial charge is 0.349 e. The van der Waals surface area contributed by atoms with Gasteiger partial charge >= 0.3 is 0 Å². The van der Waals surface area contributed by atoms with Gasteiger partial charge in [0, 0.05) is 0 Å². The Kier molecular flexibility index (Phi) is 4.37. The molecule has 2 aromatic carbocycles. The van der Waals surface area contributed by atoms with Gasteiger partial charge in [-0.2, -0.15) is 0 Å². The Morgan fingerprint density at radius 1 is 0.960 bits per heavy atom. The third-order valence-corrected chi connectivity index (χ3v) is 6.19. The van der Waals surface area contributed by atoms with Crippen molar-refractivity contribution in [2.75, 3.05) is 0 Å². The van der Waals surface area contributed by atoms with E-state index in [9.17, 15) is 4.79 Å². The normalized spacial score (nSPS) is 19.4. The SMILES string of the molecule is C[C@@H](NC(=O)C1(c2ccccc2)CCCC1)c1ccc2c(c1)CCC2. The van der Waals surface area contributed by atoms with Crippen LogP contribution in [0.15, 0.2) is 48.5 Å². The Labute approximate surface area is 150 Å². The van der Waals surface area contributed by atoms with Crippen LogP contribution in [-0.2, 0) is 23.1 Å². The van der Waals surface area contributed by atoms with Crippen molar-refractivity contribution in [1.82, 2.24) is 5.32 Å². The summed E-state index contributed by atoms with van der Waals surface area (Å²) in [6, 6.07) is 17.2. The van der Waals surface area contributed by atoms with Gasteiger partial charge in [0.05, 0.1) is 11.5 Å². The second-order valence-corrected chi connectivity index (χ2v) is 7.73. The van der Waals surface area contributed by atoms with Gasteiger partial charge in [0.25, 0.3) is 0 Å². The topological polar surface area (TPSA) is 29.1 Å². The highest BCUT2D eigenvalue weighted by atomic mass is 16.2. The Balaban J connectivity index is 1.55. The number of rotatable bonds is 4. The molecule has 2 aliphatic rings. The number of carbonyl (C=O) groups excluding carboxylic acids is 1. The summed E-state index contributed by atoms with van der Waals surface area (Å²) in [5.41, 5.74) is 5.02. The molecule has 2 aromatic rings. The summed E-state index contributed by atoms with van der Waals surface area (Å²) in [7, 11) is 0. The first-order valence-corrected chi connectivity index (χ1v) is 9.67. The predicted molar refractivity (Wildman–Crippen MR) is 102 cm³/mol. The van der Waals surface area contributed by atoms with Crippen LogP contribution in [-0.4, -0.2) is 5.91 Å². The van der Waals surface area contributed by atoms with E-state index in [1.165, 1.54) is 41.5 Å². The third kappa shape index (κ3) is 2.99. The molecule has 0 saturated heterocycles. The molecule has 1 fully saturated rings. The minimum Gasteiger partial charge on any atom is -0.349 e. The number of hydrogen-bond acceptors (Lipinski definition) is 1. The van der Waals surface area contributed by atoms with Gasteiger partial charge in [0.15, 0.2) is 0 Å². The maximum absolute atomic E-state index is 13.3. The molecule has 0 unspecified atom stereocenters. The lowest BCUT2D eigenvalue weighted by molar-refractivity contribution is -0.127. The van der Waals surface area contributed by atoms with Crippen LogP contribution in [0.25, 0.3) is 0 Å². The molecule has 0 bridgehead atoms. The smallest absolute Gasteiger partial charge is 0.231 e. The summed E-state index contributed by atoms with van der Waals surface area (Å²) in [6.07, 6.45) is 7.83. The second-order valence-electron chi connectivity index (χ2n) is 7.73. The van der Waals surface area contributed by atoms with Gasteiger partial charge in [0.1, 0.15) is 0 Å². The number of hydrogen-bond donors (Lipinski definition) is 1. The van der Waals surface area contributed by atoms with Crippen LogP contribution in [0.2, 0.25) is 0 Å². The van der Waals surface area contributed by atoms with Crippen molar-refractivity contribution in [3.8, 4) is 0 Å². The van der Waals surface area contributed by atoms with Crippen molar-refractivity contribution in [1.29, 1.82) is 0 Å². The van der Waals surface area contributed by atoms with Crippen molar-refractivity contribution in [3.05, 3.63) is 70.8 Å². The Bertz CT molecular complexity index is 759. The highest BCUT2D eigenvalue weighted by Gasteiger charge is 2.42. The zero-order chi connectivity index (χ0) is 17.3. The summed E-state index contributed by atoms with van der Waals surface area (Å²) in [6.45, 7) is 2.11. The molecule has 0 spiro atoms. The van der Waals surface area contributed by atoms with Crippen LogP contribution in [0, 0.1) is 0 Å². The molecule has 0 radical (unpaired) electrons. The Morgan fingerprint density at radius 2 is 1.68 bits per heavy atom. The van der Waals surface area contributed by atoms with Crippen molar-refractivity contribution in [2.24, 2.45) is 0 Å². The second kappa shape index (κ2) is 6.67. The van der Waals surface area contributed by atoms with Gasteiger partial charge < -0.3 is 5.32 Å². The van der Waals surface area contributed by atoms with E-state index in [0.29, 0.717) is 0 Å². The quantitative estimate of drug-likeness (QED) is 0.850. The van der Waals surface area contributed by atoms with Crippen LogP contribution >= 0.6 is 0 Å². The van der Waals surface area contributed by atoms with E-state index >= 15 is 0 Å². The molecule has 2 heteroatoms. The summed E-state index contributed by atoms with van der Waals surface area (Å²) in [5, 5.41) is 3.33. The van der Waals surface area contributed by atoms with Gasteiger partial charge in [0.2, 0.25) is 5.91 Å². The zero-order valence-electron chi connectivity index (χ0n) is 15.1. The van der Waals surface area contributed by atoms with Gasteiger partial charge in [-0.25, -0.2) is 0 Å². The summed E-state index contributed by atoms with van der Waals surface area (Å²) in [4.78, 5) is 13.3. The molecule has 0 heterocycles. The molecule has 0 aliphatic heterocycles. The van der Waals surface area contributed by atoms with E-state index in [4.69, 9.17) is 0 Å². The van der Waals surface area contributed by atoms with E-state index in [0.717, 1.165) is 25.7 Å². The molecule has 1 N–H and O–H groups in total. The van der Waals surface area contributed by atoms with E-state index in [1.54, 1.807) is 0 Å². The van der Waals surface area contributed by atoms with Crippen LogP contribution in [0.5, 0.6) is 0 Å². The van der Waals surface area contributed by atoms with Crippen LogP contribution < -0.4 is 5.32 Å². The van der Waals surface area contributed by atoms with Gasteiger partial charge in [-0.3, -0.25) is 4.79 Å². The van der Waals surface area contributed by atoms with Crippen molar-refractivity contribution < 1.29 is 4.79 Å². The summed E-state index contributed by atoms with van der Waals surface area (Å²) < 4.78 is 0. The molecule has 25 heavy (non-hydrogen) atoms. The molecule has 4 rings (SSSR count). The van der Waals surface area contributed by atoms with Gasteiger partial charge in [-0.1, -0.05) is 61.4 Å². The number of aryl methyl sites for hydroxylation is 2. The molecule has 0 aromatic heterocycles. The number of carbonyl (C=O) groups is 1. The maximum atomic E-state index is 13.3. The van der Waals surface area contributed by atoms with Crippen molar-refractivity contribution in [2.45, 2.75) is 63.3 Å². The minimum absolute atomic E-state index is 0.0552. The molecular weight excluding hydrogens is 306 g/mol. The molecule has 1 atom stereocenters. The lowest BCUT2D eigenvalue weighted by Gasteiger charge is -2.30. The van der Waals surface area contributed by atoms with E-state index in [1.807, 2.05) is 18.2 Å². The van der Waals surface area contributed by atoms with Crippen LogP contribution in [0.4, 0.5) is 0 Å². The minimum atomic E-state index is -0.341. The third-order valence-electron chi connectivity index (χ3n) is 6.19. The Morgan fingerprint density at radius 3 is 2.44 bits per heavy atom. The Hall–Kier alpha value is -2.09. The summed E-state index contributed by atoms with van der Waals surface area (Å²) >= 11 is 0. The molecule has 130 valence electrons. The first-order valence-electron chi connectivity index (χ1n) is 9.67. The first kappa shape index (κ1) is 16.4. The van der Waals surface area contributed by atoms with E-state index in [-0.39, 0.29) is 17.4 Å². The molecular formula is C23H27NO. The van der Waals surface area contributed by atoms with E-state index < -0.39 is 0 Å². The average Bonchev–Trinajstić information content (AvgIpc) is 3.31. The molecule has 2 aliphatic carbocycles. The van der Waals surface area contributed by atoms with Crippen molar-refractivity contribution in [3.63, 3.8) is 0 Å². The fourth-order valence-corrected chi connectivity index (χ4v) is 4.66. The average molecular weight is 333 g/mol. The monoisotopic (exact) mass is 333 g/mol. The predicted octanol–water partition coefficient (Wildman–Crippen LogP) is 4.86. The first-order chi connectivity index (χ1) is 12.2. The summed E-state index contributed by atoms with van der Waals surface area (Å²) in [5.74, 6) is 0.198. The molecule has 1 saturated carbocycles. The van der Waals surface area contributed by atoms with E-state index in [2.05, 4.69) is 42.6 Å². The number of fused-ring (bicyclic) bond motifs is 1. The molecule has 2 nitrogen and oxygen atoms in total. The highest BCUT2D eigenvalue weighted by Crippen LogP contribution is 2.41. The number of amides is 1. The maximum Gasteiger partial charge on any atom is 0.231 e. The van der Waals surface area contributed by atoms with Crippen LogP contribution in [0.3, 0.4) is 0 Å². The standard InChI is InChI=1S/C23H27NO/c1-17(19-13-12-18-8-7-9-20(18)16-19)24-22(25)23(14-5-6-15-23)21-10-3-2-4-11-21/h2-4,10-13,16-17H,5-9,14-15H2,1H3,(H,24,25)/t17-/m1/s1. The fraction of sp³-hybridized carbons (Fsp3) is 0.435. The van der Waals surface area contributed by atoms with Gasteiger partial charge in [-0.05, 0) is 61.3 Å².